The number of rotatable bonds is 8. The molecule has 9 unspecified atom stereocenters. The van der Waals surface area contributed by atoms with Gasteiger partial charge in [-0.15, -0.1) is 11.3 Å². The monoisotopic (exact) mass is 655 g/mol. The number of carboxylic acid groups (broad SMARTS) is 1. The highest BCUT2D eigenvalue weighted by Crippen LogP contribution is 2.76. The molecule has 0 radical (unpaired) electrons. The Bertz CT molecular complexity index is 1550. The molecule has 7 rings (SSSR count). The maximum absolute atomic E-state index is 11.5. The van der Waals surface area contributed by atoms with Crippen LogP contribution in [0.3, 0.4) is 0 Å². The minimum Gasteiger partial charge on any atom is -0.478 e. The number of carbonyl (C=O) groups is 1. The molecule has 9 atom stereocenters. The van der Waals surface area contributed by atoms with Crippen LogP contribution in [0, 0.1) is 51.2 Å². The number of aromatic nitrogens is 1. The van der Waals surface area contributed by atoms with Gasteiger partial charge in [-0.25, -0.2) is 9.78 Å². The molecule has 2 aromatic rings. The van der Waals surface area contributed by atoms with E-state index in [-0.39, 0.29) is 16.4 Å². The van der Waals surface area contributed by atoms with Gasteiger partial charge in [0.15, 0.2) is 5.13 Å². The summed E-state index contributed by atoms with van der Waals surface area (Å²) in [7, 11) is 0. The Morgan fingerprint density at radius 1 is 0.957 bits per heavy atom. The normalized spacial score (nSPS) is 40.3. The standard InChI is InChI=1S/C41H57N3O2S/c1-26(2)29-14-19-41(44-23-22-42-36-43-24-25-47-36)21-20-39(6)31(34(29)41)12-13-33-38(5)17-15-30(27-8-10-28(11-9-27)35(45)46)37(3,4)32(38)16-18-40(33,39)7/h8-11,15,24-25,29,31-34,44H,1,12-14,16-23H2,2-7H3,(H,42,43)(H,45,46). The van der Waals surface area contributed by atoms with Crippen molar-refractivity contribution in [3.63, 3.8) is 0 Å². The second kappa shape index (κ2) is 11.6. The summed E-state index contributed by atoms with van der Waals surface area (Å²) in [4.78, 5) is 16.0. The number of thiazole rings is 1. The number of nitrogens with one attached hydrogen (secondary N) is 2. The number of carboxylic acids is 1. The first-order valence-corrected chi connectivity index (χ1v) is 19.2. The zero-order valence-electron chi connectivity index (χ0n) is 29.6. The van der Waals surface area contributed by atoms with E-state index in [1.807, 2.05) is 23.7 Å². The fourth-order valence-electron chi connectivity index (χ4n) is 13.1. The molecule has 5 aliphatic rings. The molecule has 0 bridgehead atoms. The smallest absolute Gasteiger partial charge is 0.335 e. The van der Waals surface area contributed by atoms with Gasteiger partial charge in [0.1, 0.15) is 0 Å². The van der Waals surface area contributed by atoms with E-state index >= 15 is 0 Å². The first-order chi connectivity index (χ1) is 22.3. The molecule has 3 N–H and O–H groups in total. The maximum atomic E-state index is 11.5. The molecule has 0 aliphatic heterocycles. The zero-order valence-corrected chi connectivity index (χ0v) is 30.4. The number of nitrogens with zero attached hydrogens (tertiary/aromatic N) is 1. The van der Waals surface area contributed by atoms with Crippen LogP contribution in [0.4, 0.5) is 5.13 Å². The maximum Gasteiger partial charge on any atom is 0.335 e. The van der Waals surface area contributed by atoms with Crippen molar-refractivity contribution in [2.45, 2.75) is 105 Å². The fraction of sp³-hybridized carbons (Fsp3) is 0.659. The number of hydrogen-bond donors (Lipinski definition) is 3. The summed E-state index contributed by atoms with van der Waals surface area (Å²) in [6, 6.07) is 7.63. The van der Waals surface area contributed by atoms with Gasteiger partial charge < -0.3 is 15.7 Å². The number of allylic oxidation sites excluding steroid dienone is 3. The van der Waals surface area contributed by atoms with Crippen LogP contribution in [0.25, 0.3) is 5.57 Å². The van der Waals surface area contributed by atoms with Gasteiger partial charge in [-0.2, -0.15) is 0 Å². The molecule has 0 saturated heterocycles. The van der Waals surface area contributed by atoms with Gasteiger partial charge in [-0.1, -0.05) is 65.0 Å². The highest BCUT2D eigenvalue weighted by molar-refractivity contribution is 7.13. The second-order valence-electron chi connectivity index (χ2n) is 17.5. The van der Waals surface area contributed by atoms with E-state index in [2.05, 4.69) is 69.8 Å². The molecule has 6 heteroatoms. The van der Waals surface area contributed by atoms with Crippen molar-refractivity contribution in [2.24, 2.45) is 51.2 Å². The topological polar surface area (TPSA) is 74.2 Å². The average Bonchev–Trinajstić information content (AvgIpc) is 3.68. The third kappa shape index (κ3) is 4.93. The summed E-state index contributed by atoms with van der Waals surface area (Å²) in [5.74, 6) is 2.44. The lowest BCUT2D eigenvalue weighted by Crippen LogP contribution is -2.68. The molecule has 4 fully saturated rings. The Balaban J connectivity index is 1.17. The molecule has 1 heterocycles. The van der Waals surface area contributed by atoms with Crippen LogP contribution in [-0.4, -0.2) is 34.7 Å². The lowest BCUT2D eigenvalue weighted by atomic mass is 9.33. The van der Waals surface area contributed by atoms with Gasteiger partial charge in [-0.05, 0) is 139 Å². The van der Waals surface area contributed by atoms with Crippen LogP contribution in [0.5, 0.6) is 0 Å². The summed E-state index contributed by atoms with van der Waals surface area (Å²) in [5, 5.41) is 20.3. The van der Waals surface area contributed by atoms with Crippen molar-refractivity contribution >= 4 is 28.0 Å². The van der Waals surface area contributed by atoms with Crippen molar-refractivity contribution in [1.82, 2.24) is 10.3 Å². The van der Waals surface area contributed by atoms with Gasteiger partial charge in [0.05, 0.1) is 5.56 Å². The summed E-state index contributed by atoms with van der Waals surface area (Å²) >= 11 is 1.68. The highest BCUT2D eigenvalue weighted by atomic mass is 32.1. The Morgan fingerprint density at radius 3 is 2.40 bits per heavy atom. The van der Waals surface area contributed by atoms with E-state index in [1.165, 1.54) is 68.1 Å². The van der Waals surface area contributed by atoms with Crippen LogP contribution in [-0.2, 0) is 0 Å². The van der Waals surface area contributed by atoms with E-state index in [0.717, 1.165) is 30.6 Å². The summed E-state index contributed by atoms with van der Waals surface area (Å²) in [6.07, 6.45) is 15.9. The molecular weight excluding hydrogens is 599 g/mol. The van der Waals surface area contributed by atoms with E-state index in [0.29, 0.717) is 40.1 Å². The zero-order chi connectivity index (χ0) is 33.4. The Kier molecular flexibility index (Phi) is 8.15. The lowest BCUT2D eigenvalue weighted by molar-refractivity contribution is -0.219. The molecule has 4 saturated carbocycles. The van der Waals surface area contributed by atoms with Crippen LogP contribution in [0.1, 0.15) is 115 Å². The van der Waals surface area contributed by atoms with Crippen molar-refractivity contribution in [3.05, 3.63) is 65.2 Å². The summed E-state index contributed by atoms with van der Waals surface area (Å²) in [6.45, 7) is 21.8. The van der Waals surface area contributed by atoms with Crippen molar-refractivity contribution in [1.29, 1.82) is 0 Å². The average molecular weight is 656 g/mol. The first-order valence-electron chi connectivity index (χ1n) is 18.3. The van der Waals surface area contributed by atoms with Gasteiger partial charge in [0.2, 0.25) is 0 Å². The Morgan fingerprint density at radius 2 is 1.72 bits per heavy atom. The van der Waals surface area contributed by atoms with Crippen LogP contribution in [0.2, 0.25) is 0 Å². The van der Waals surface area contributed by atoms with E-state index in [1.54, 1.807) is 23.5 Å². The predicted octanol–water partition coefficient (Wildman–Crippen LogP) is 9.95. The van der Waals surface area contributed by atoms with Gasteiger partial charge in [0, 0.05) is 30.2 Å². The number of fused-ring (bicyclic) bond motifs is 7. The highest BCUT2D eigenvalue weighted by Gasteiger charge is 2.70. The number of aromatic carboxylic acids is 1. The van der Waals surface area contributed by atoms with Crippen molar-refractivity contribution < 1.29 is 9.90 Å². The molecule has 254 valence electrons. The third-order valence-electron chi connectivity index (χ3n) is 15.4. The fourth-order valence-corrected chi connectivity index (χ4v) is 13.7. The largest absolute Gasteiger partial charge is 0.478 e. The van der Waals surface area contributed by atoms with Crippen LogP contribution in [0.15, 0.2) is 54.1 Å². The Labute approximate surface area is 287 Å². The van der Waals surface area contributed by atoms with Crippen molar-refractivity contribution in [2.75, 3.05) is 18.4 Å². The van der Waals surface area contributed by atoms with Gasteiger partial charge >= 0.3 is 5.97 Å². The van der Waals surface area contributed by atoms with Crippen LogP contribution >= 0.6 is 11.3 Å². The summed E-state index contributed by atoms with van der Waals surface area (Å²) in [5.41, 5.74) is 5.49. The molecule has 1 aromatic carbocycles. The Hall–Kier alpha value is -2.44. The van der Waals surface area contributed by atoms with Crippen LogP contribution < -0.4 is 10.6 Å². The number of hydrogen-bond acceptors (Lipinski definition) is 5. The molecule has 0 amide bonds. The SMILES string of the molecule is C=C(C)C1CCC2(NCCNc3nccs3)CCC3(C)C(CCC4C5(C)CC=C(c6ccc(C(=O)O)cc6)C(C)(C)C5CCC43C)C12. The molecule has 47 heavy (non-hydrogen) atoms. The molecular formula is C41H57N3O2S. The number of anilines is 1. The number of benzene rings is 1. The lowest BCUT2D eigenvalue weighted by Gasteiger charge is -2.72. The van der Waals surface area contributed by atoms with Gasteiger partial charge in [0.25, 0.3) is 0 Å². The molecule has 0 spiro atoms. The minimum atomic E-state index is -0.858. The molecule has 1 aromatic heterocycles. The first kappa shape index (κ1) is 33.1. The molecule has 5 nitrogen and oxygen atoms in total. The minimum absolute atomic E-state index is 0.0334. The summed E-state index contributed by atoms with van der Waals surface area (Å²) < 4.78 is 0. The quantitative estimate of drug-likeness (QED) is 0.195. The van der Waals surface area contributed by atoms with E-state index in [9.17, 15) is 9.90 Å². The van der Waals surface area contributed by atoms with E-state index in [4.69, 9.17) is 0 Å². The molecule has 5 aliphatic carbocycles. The van der Waals surface area contributed by atoms with Crippen molar-refractivity contribution in [3.8, 4) is 0 Å². The predicted molar refractivity (Wildman–Crippen MR) is 195 cm³/mol. The van der Waals surface area contributed by atoms with E-state index < -0.39 is 5.97 Å². The van der Waals surface area contributed by atoms with Gasteiger partial charge in [-0.3, -0.25) is 0 Å². The third-order valence-corrected chi connectivity index (χ3v) is 16.1. The second-order valence-corrected chi connectivity index (χ2v) is 18.4.